The van der Waals surface area contributed by atoms with E-state index in [0.717, 1.165) is 16.8 Å². The lowest BCUT2D eigenvalue weighted by molar-refractivity contribution is -0.384. The number of benzene rings is 1. The van der Waals surface area contributed by atoms with Crippen LogP contribution in [0.25, 0.3) is 0 Å². The molecule has 0 fully saturated rings. The summed E-state index contributed by atoms with van der Waals surface area (Å²) in [5, 5.41) is 27.7. The van der Waals surface area contributed by atoms with Gasteiger partial charge >= 0.3 is 0 Å². The lowest BCUT2D eigenvalue weighted by Gasteiger charge is -2.13. The van der Waals surface area contributed by atoms with Gasteiger partial charge in [0.05, 0.1) is 17.2 Å². The van der Waals surface area contributed by atoms with Gasteiger partial charge in [-0.25, -0.2) is 0 Å². The van der Waals surface area contributed by atoms with Gasteiger partial charge in [0.1, 0.15) is 0 Å². The maximum Gasteiger partial charge on any atom is 0.269 e. The van der Waals surface area contributed by atoms with Crippen LogP contribution >= 0.6 is 0 Å². The number of rotatable bonds is 5. The number of aromatic nitrogens is 2. The smallest absolute Gasteiger partial charge is 0.269 e. The summed E-state index contributed by atoms with van der Waals surface area (Å²) in [6, 6.07) is 4.58. The molecule has 0 saturated carbocycles. The molecule has 2 N–H and O–H groups in total. The number of anilines is 1. The molecule has 1 aromatic carbocycles. The first-order chi connectivity index (χ1) is 9.47. The number of hydrogen-bond acceptors (Lipinski definition) is 5. The van der Waals surface area contributed by atoms with Crippen molar-refractivity contribution >= 4 is 11.4 Å². The molecule has 7 heteroatoms. The number of aryl methyl sites for hydroxylation is 2. The first-order valence-electron chi connectivity index (χ1n) is 6.13. The van der Waals surface area contributed by atoms with Crippen molar-refractivity contribution in [1.29, 1.82) is 0 Å². The molecule has 0 aliphatic heterocycles. The molecule has 7 nitrogen and oxygen atoms in total. The Labute approximate surface area is 116 Å². The van der Waals surface area contributed by atoms with Crippen molar-refractivity contribution in [3.8, 4) is 0 Å². The Morgan fingerprint density at radius 1 is 1.55 bits per heavy atom. The van der Waals surface area contributed by atoms with Gasteiger partial charge in [0.2, 0.25) is 0 Å². The normalized spacial score (nSPS) is 12.2. The van der Waals surface area contributed by atoms with Crippen LogP contribution in [-0.2, 0) is 7.05 Å². The van der Waals surface area contributed by atoms with Crippen LogP contribution in [0, 0.1) is 17.0 Å². The summed E-state index contributed by atoms with van der Waals surface area (Å²) in [6.45, 7) is 2.09. The summed E-state index contributed by atoms with van der Waals surface area (Å²) in [6.07, 6.45) is 2.67. The summed E-state index contributed by atoms with van der Waals surface area (Å²) in [5.74, 6) is 0. The van der Waals surface area contributed by atoms with Gasteiger partial charge in [0.15, 0.2) is 0 Å². The zero-order valence-corrected chi connectivity index (χ0v) is 11.3. The number of aliphatic hydroxyl groups excluding tert-OH is 1. The number of aliphatic hydroxyl groups is 1. The second kappa shape index (κ2) is 5.70. The van der Waals surface area contributed by atoms with Crippen molar-refractivity contribution < 1.29 is 10.0 Å². The van der Waals surface area contributed by atoms with Crippen molar-refractivity contribution in [1.82, 2.24) is 9.78 Å². The van der Waals surface area contributed by atoms with Crippen molar-refractivity contribution in [3.05, 3.63) is 51.8 Å². The lowest BCUT2D eigenvalue weighted by atomic mass is 10.1. The number of hydrogen-bond donors (Lipinski definition) is 2. The molecule has 0 aliphatic carbocycles. The van der Waals surface area contributed by atoms with Gasteiger partial charge in [-0.2, -0.15) is 5.10 Å². The molecule has 1 unspecified atom stereocenters. The average molecular weight is 276 g/mol. The van der Waals surface area contributed by atoms with Crippen LogP contribution in [0.2, 0.25) is 0 Å². The molecule has 1 aromatic heterocycles. The van der Waals surface area contributed by atoms with Crippen molar-refractivity contribution in [2.24, 2.45) is 7.05 Å². The Bertz CT molecular complexity index is 624. The second-order valence-electron chi connectivity index (χ2n) is 4.60. The van der Waals surface area contributed by atoms with Gasteiger partial charge in [-0.1, -0.05) is 0 Å². The van der Waals surface area contributed by atoms with Gasteiger partial charge in [-0.05, 0) is 18.6 Å². The van der Waals surface area contributed by atoms with E-state index in [4.69, 9.17) is 0 Å². The maximum absolute atomic E-state index is 10.7. The van der Waals surface area contributed by atoms with Crippen molar-refractivity contribution in [2.45, 2.75) is 13.0 Å². The molecule has 106 valence electrons. The highest BCUT2D eigenvalue weighted by Crippen LogP contribution is 2.22. The molecule has 0 aliphatic rings. The van der Waals surface area contributed by atoms with E-state index < -0.39 is 11.0 Å². The predicted molar refractivity (Wildman–Crippen MR) is 74.5 cm³/mol. The largest absolute Gasteiger partial charge is 0.386 e. The highest BCUT2D eigenvalue weighted by atomic mass is 16.6. The van der Waals surface area contributed by atoms with Crippen molar-refractivity contribution in [2.75, 3.05) is 11.9 Å². The third-order valence-corrected chi connectivity index (χ3v) is 3.02. The Morgan fingerprint density at radius 3 is 2.85 bits per heavy atom. The molecule has 2 aromatic rings. The lowest BCUT2D eigenvalue weighted by Crippen LogP contribution is -2.12. The first kappa shape index (κ1) is 14.0. The van der Waals surface area contributed by atoms with Gasteiger partial charge in [0.25, 0.3) is 5.69 Å². The van der Waals surface area contributed by atoms with E-state index in [-0.39, 0.29) is 5.69 Å². The van der Waals surface area contributed by atoms with Crippen LogP contribution in [0.15, 0.2) is 30.6 Å². The van der Waals surface area contributed by atoms with Crippen LogP contribution in [0.3, 0.4) is 0 Å². The van der Waals surface area contributed by atoms with E-state index in [2.05, 4.69) is 10.4 Å². The van der Waals surface area contributed by atoms with Gasteiger partial charge in [0, 0.05) is 43.2 Å². The van der Waals surface area contributed by atoms with Crippen LogP contribution in [-0.4, -0.2) is 26.4 Å². The fraction of sp³-hybridized carbons (Fsp3) is 0.308. The monoisotopic (exact) mass is 276 g/mol. The number of nitrogens with zero attached hydrogens (tertiary/aromatic N) is 3. The SMILES string of the molecule is Cc1cc([N+](=O)[O-])ccc1NCC(O)c1cnn(C)c1. The summed E-state index contributed by atoms with van der Waals surface area (Å²) < 4.78 is 1.62. The molecular weight excluding hydrogens is 260 g/mol. The molecule has 1 heterocycles. The van der Waals surface area contributed by atoms with Crippen molar-refractivity contribution in [3.63, 3.8) is 0 Å². The maximum atomic E-state index is 10.7. The van der Waals surface area contributed by atoms with Gasteiger partial charge in [-0.15, -0.1) is 0 Å². The summed E-state index contributed by atoms with van der Waals surface area (Å²) in [5.41, 5.74) is 2.30. The summed E-state index contributed by atoms with van der Waals surface area (Å²) >= 11 is 0. The number of nitro groups is 1. The van der Waals surface area contributed by atoms with E-state index in [1.165, 1.54) is 12.1 Å². The molecule has 2 rings (SSSR count). The molecule has 20 heavy (non-hydrogen) atoms. The van der Waals surface area contributed by atoms with Gasteiger partial charge < -0.3 is 10.4 Å². The molecule has 0 spiro atoms. The number of nitro benzene ring substituents is 1. The Hall–Kier alpha value is -2.41. The highest BCUT2D eigenvalue weighted by molar-refractivity contribution is 5.55. The standard InChI is InChI=1S/C13H16N4O3/c1-9-5-11(17(19)20)3-4-12(9)14-7-13(18)10-6-15-16(2)8-10/h3-6,8,13-14,18H,7H2,1-2H3. The fourth-order valence-corrected chi connectivity index (χ4v) is 1.90. The fourth-order valence-electron chi connectivity index (χ4n) is 1.90. The minimum atomic E-state index is -0.682. The van der Waals surface area contributed by atoms with Crippen LogP contribution < -0.4 is 5.32 Å². The molecule has 0 amide bonds. The highest BCUT2D eigenvalue weighted by Gasteiger charge is 2.11. The molecule has 1 atom stereocenters. The zero-order valence-electron chi connectivity index (χ0n) is 11.3. The molecule has 0 radical (unpaired) electrons. The number of nitrogens with one attached hydrogen (secondary N) is 1. The number of non-ortho nitro benzene ring substituents is 1. The quantitative estimate of drug-likeness (QED) is 0.641. The Balaban J connectivity index is 2.02. The second-order valence-corrected chi connectivity index (χ2v) is 4.60. The Kier molecular flexibility index (Phi) is 3.99. The minimum Gasteiger partial charge on any atom is -0.386 e. The minimum absolute atomic E-state index is 0.0563. The van der Waals surface area contributed by atoms with E-state index in [1.807, 2.05) is 0 Å². The molecule has 0 bridgehead atoms. The average Bonchev–Trinajstić information content (AvgIpc) is 2.83. The third-order valence-electron chi connectivity index (χ3n) is 3.02. The van der Waals surface area contributed by atoms with E-state index in [9.17, 15) is 15.2 Å². The topological polar surface area (TPSA) is 93.2 Å². The summed E-state index contributed by atoms with van der Waals surface area (Å²) in [4.78, 5) is 10.2. The Morgan fingerprint density at radius 2 is 2.30 bits per heavy atom. The van der Waals surface area contributed by atoms with Crippen LogP contribution in [0.1, 0.15) is 17.2 Å². The van der Waals surface area contributed by atoms with Crippen LogP contribution in [0.5, 0.6) is 0 Å². The zero-order chi connectivity index (χ0) is 14.7. The van der Waals surface area contributed by atoms with Crippen LogP contribution in [0.4, 0.5) is 11.4 Å². The van der Waals surface area contributed by atoms with E-state index in [1.54, 1.807) is 37.1 Å². The molecule has 0 saturated heterocycles. The predicted octanol–water partition coefficient (Wildman–Crippen LogP) is 1.78. The third kappa shape index (κ3) is 3.12. The first-order valence-corrected chi connectivity index (χ1v) is 6.13. The van der Waals surface area contributed by atoms with E-state index in [0.29, 0.717) is 6.54 Å². The summed E-state index contributed by atoms with van der Waals surface area (Å²) in [7, 11) is 1.78. The van der Waals surface area contributed by atoms with E-state index >= 15 is 0 Å². The van der Waals surface area contributed by atoms with Gasteiger partial charge in [-0.3, -0.25) is 14.8 Å². The molecular formula is C13H16N4O3.